The maximum absolute atomic E-state index is 13.5. The van der Waals surface area contributed by atoms with Gasteiger partial charge in [0.05, 0.1) is 10.4 Å². The zero-order chi connectivity index (χ0) is 30.8. The van der Waals surface area contributed by atoms with Crippen molar-refractivity contribution in [2.45, 2.75) is 25.7 Å². The summed E-state index contributed by atoms with van der Waals surface area (Å²) in [7, 11) is 0. The number of hydrogen-bond donors (Lipinski definition) is 3. The highest BCUT2D eigenvalue weighted by molar-refractivity contribution is 7.25. The highest BCUT2D eigenvalue weighted by Crippen LogP contribution is 2.39. The van der Waals surface area contributed by atoms with Crippen LogP contribution in [0, 0.1) is 5.82 Å². The largest absolute Gasteiger partial charge is 0.487 e. The van der Waals surface area contributed by atoms with Crippen molar-refractivity contribution in [2.75, 3.05) is 38.0 Å². The Bertz CT molecular complexity index is 1810. The molecule has 2 unspecified atom stereocenters. The lowest BCUT2D eigenvalue weighted by Crippen LogP contribution is -2.52. The SMILES string of the molecule is CCN1CCN(C(=O)C(O)C(O)c2ccc3c(c2)sc2ncnc(Nc4ccc(OCc5cccc(F)c5)c(Cl)c4)c23)CC1. The number of rotatable bonds is 9. The van der Waals surface area contributed by atoms with Crippen LogP contribution in [0.5, 0.6) is 5.75 Å². The fraction of sp³-hybridized carbons (Fsp3) is 0.281. The van der Waals surface area contributed by atoms with E-state index in [2.05, 4.69) is 27.1 Å². The van der Waals surface area contributed by atoms with Crippen LogP contribution < -0.4 is 10.1 Å². The molecule has 2 atom stereocenters. The average molecular weight is 636 g/mol. The highest BCUT2D eigenvalue weighted by Gasteiger charge is 2.31. The van der Waals surface area contributed by atoms with Crippen LogP contribution in [0.2, 0.25) is 5.02 Å². The summed E-state index contributed by atoms with van der Waals surface area (Å²) in [4.78, 5) is 26.4. The fourth-order valence-corrected chi connectivity index (χ4v) is 6.64. The van der Waals surface area contributed by atoms with Crippen LogP contribution in [0.25, 0.3) is 20.3 Å². The number of anilines is 2. The Morgan fingerprint density at radius 2 is 1.91 bits per heavy atom. The van der Waals surface area contributed by atoms with E-state index in [1.54, 1.807) is 41.3 Å². The molecule has 2 aromatic heterocycles. The molecule has 6 rings (SSSR count). The van der Waals surface area contributed by atoms with Gasteiger partial charge in [0, 0.05) is 42.0 Å². The number of aromatic nitrogens is 2. The summed E-state index contributed by atoms with van der Waals surface area (Å²) in [6, 6.07) is 16.8. The molecule has 0 radical (unpaired) electrons. The third-order valence-electron chi connectivity index (χ3n) is 7.80. The number of aliphatic hydroxyl groups excluding tert-OH is 2. The molecule has 12 heteroatoms. The van der Waals surface area contributed by atoms with Gasteiger partial charge in [0.1, 0.15) is 41.3 Å². The Hall–Kier alpha value is -3.87. The number of thiophene rings is 1. The van der Waals surface area contributed by atoms with Crippen molar-refractivity contribution in [1.29, 1.82) is 0 Å². The van der Waals surface area contributed by atoms with Gasteiger partial charge >= 0.3 is 0 Å². The molecule has 1 aliphatic heterocycles. The van der Waals surface area contributed by atoms with Gasteiger partial charge in [-0.1, -0.05) is 42.8 Å². The molecule has 9 nitrogen and oxygen atoms in total. The minimum Gasteiger partial charge on any atom is -0.487 e. The lowest BCUT2D eigenvalue weighted by molar-refractivity contribution is -0.148. The van der Waals surface area contributed by atoms with Crippen molar-refractivity contribution in [3.63, 3.8) is 0 Å². The van der Waals surface area contributed by atoms with Gasteiger partial charge in [0.2, 0.25) is 0 Å². The van der Waals surface area contributed by atoms with E-state index in [0.717, 1.165) is 39.9 Å². The normalized spacial score (nSPS) is 15.4. The molecule has 3 aromatic carbocycles. The van der Waals surface area contributed by atoms with Gasteiger partial charge in [0.25, 0.3) is 5.91 Å². The summed E-state index contributed by atoms with van der Waals surface area (Å²) >= 11 is 7.92. The number of likely N-dealkylation sites (N-methyl/N-ethyl adjacent to an activating group) is 1. The predicted octanol–water partition coefficient (Wildman–Crippen LogP) is 5.52. The van der Waals surface area contributed by atoms with Crippen molar-refractivity contribution in [1.82, 2.24) is 19.8 Å². The summed E-state index contributed by atoms with van der Waals surface area (Å²) in [6.45, 7) is 5.71. The van der Waals surface area contributed by atoms with E-state index in [0.29, 0.717) is 46.5 Å². The number of piperazine rings is 1. The third-order valence-corrected chi connectivity index (χ3v) is 9.15. The summed E-state index contributed by atoms with van der Waals surface area (Å²) in [5, 5.41) is 27.1. The van der Waals surface area contributed by atoms with Gasteiger partial charge in [-0.05, 0) is 54.1 Å². The number of carbonyl (C=O) groups excluding carboxylic acids is 1. The molecule has 44 heavy (non-hydrogen) atoms. The van der Waals surface area contributed by atoms with Gasteiger partial charge in [0.15, 0.2) is 6.10 Å². The number of aliphatic hydroxyl groups is 2. The van der Waals surface area contributed by atoms with Crippen LogP contribution >= 0.6 is 22.9 Å². The van der Waals surface area contributed by atoms with Gasteiger partial charge in [-0.3, -0.25) is 4.79 Å². The van der Waals surface area contributed by atoms with Gasteiger partial charge in [-0.2, -0.15) is 0 Å². The average Bonchev–Trinajstić information content (AvgIpc) is 3.42. The van der Waals surface area contributed by atoms with Crippen LogP contribution in [0.1, 0.15) is 24.2 Å². The molecule has 1 aliphatic rings. The van der Waals surface area contributed by atoms with E-state index in [1.165, 1.54) is 29.8 Å². The first-order chi connectivity index (χ1) is 21.3. The summed E-state index contributed by atoms with van der Waals surface area (Å²) in [6.07, 6.45) is -1.46. The van der Waals surface area contributed by atoms with E-state index < -0.39 is 18.1 Å². The zero-order valence-corrected chi connectivity index (χ0v) is 25.5. The van der Waals surface area contributed by atoms with Crippen LogP contribution in [-0.4, -0.2) is 74.7 Å². The smallest absolute Gasteiger partial charge is 0.254 e. The Morgan fingerprint density at radius 1 is 1.09 bits per heavy atom. The lowest BCUT2D eigenvalue weighted by atomic mass is 10.0. The molecule has 1 fully saturated rings. The fourth-order valence-electron chi connectivity index (χ4n) is 5.31. The minimum atomic E-state index is -1.56. The molecule has 3 heterocycles. The molecular weight excluding hydrogens is 605 g/mol. The first kappa shape index (κ1) is 30.2. The van der Waals surface area contributed by atoms with Gasteiger partial charge in [-0.25, -0.2) is 14.4 Å². The Balaban J connectivity index is 1.19. The molecule has 0 aliphatic carbocycles. The number of nitrogens with one attached hydrogen (secondary N) is 1. The van der Waals surface area contributed by atoms with Crippen molar-refractivity contribution in [3.8, 4) is 5.75 Å². The van der Waals surface area contributed by atoms with E-state index >= 15 is 0 Å². The number of fused-ring (bicyclic) bond motifs is 3. The second-order valence-corrected chi connectivity index (χ2v) is 12.0. The molecule has 228 valence electrons. The zero-order valence-electron chi connectivity index (χ0n) is 23.9. The van der Waals surface area contributed by atoms with Crippen LogP contribution in [0.15, 0.2) is 67.0 Å². The monoisotopic (exact) mass is 635 g/mol. The van der Waals surface area contributed by atoms with Crippen molar-refractivity contribution >= 4 is 60.7 Å². The molecule has 1 amide bonds. The first-order valence-electron chi connectivity index (χ1n) is 14.3. The van der Waals surface area contributed by atoms with Crippen molar-refractivity contribution < 1.29 is 24.1 Å². The molecule has 0 saturated carbocycles. The molecule has 3 N–H and O–H groups in total. The van der Waals surface area contributed by atoms with E-state index in [1.807, 2.05) is 12.1 Å². The Kier molecular flexibility index (Phi) is 8.92. The summed E-state index contributed by atoms with van der Waals surface area (Å²) in [5.41, 5.74) is 1.82. The second-order valence-electron chi connectivity index (χ2n) is 10.6. The third kappa shape index (κ3) is 6.33. The summed E-state index contributed by atoms with van der Waals surface area (Å²) in [5.74, 6) is 0.238. The van der Waals surface area contributed by atoms with Gasteiger partial charge < -0.3 is 30.1 Å². The Morgan fingerprint density at radius 3 is 2.66 bits per heavy atom. The molecule has 5 aromatic rings. The number of carbonyl (C=O) groups is 1. The predicted molar refractivity (Wildman–Crippen MR) is 170 cm³/mol. The van der Waals surface area contributed by atoms with Gasteiger partial charge in [-0.15, -0.1) is 11.3 Å². The van der Waals surface area contributed by atoms with Crippen molar-refractivity contribution in [2.24, 2.45) is 0 Å². The lowest BCUT2D eigenvalue weighted by Gasteiger charge is -2.35. The van der Waals surface area contributed by atoms with E-state index in [-0.39, 0.29) is 12.4 Å². The Labute approximate surface area is 262 Å². The number of amides is 1. The number of nitrogens with zero attached hydrogens (tertiary/aromatic N) is 4. The van der Waals surface area contributed by atoms with Crippen LogP contribution in [0.4, 0.5) is 15.9 Å². The number of benzene rings is 3. The minimum absolute atomic E-state index is 0.176. The molecule has 0 bridgehead atoms. The van der Waals surface area contributed by atoms with Crippen LogP contribution in [0.3, 0.4) is 0 Å². The van der Waals surface area contributed by atoms with E-state index in [4.69, 9.17) is 16.3 Å². The van der Waals surface area contributed by atoms with E-state index in [9.17, 15) is 19.4 Å². The first-order valence-corrected chi connectivity index (χ1v) is 15.5. The van der Waals surface area contributed by atoms with Crippen molar-refractivity contribution in [3.05, 3.63) is 89.0 Å². The highest BCUT2D eigenvalue weighted by atomic mass is 35.5. The quantitative estimate of drug-likeness (QED) is 0.194. The maximum atomic E-state index is 13.5. The summed E-state index contributed by atoms with van der Waals surface area (Å²) < 4.78 is 20.1. The number of halogens is 2. The number of ether oxygens (including phenoxy) is 1. The second kappa shape index (κ2) is 13.0. The van der Waals surface area contributed by atoms with Crippen LogP contribution in [-0.2, 0) is 11.4 Å². The molecule has 1 saturated heterocycles. The molecular formula is C32H31ClFN5O4S. The standard InChI is InChI=1S/C32H31ClFN5O4S/c1-2-38-10-12-39(13-11-38)32(42)29(41)28(40)20-6-8-23-26(15-20)44-31-27(23)30(35-18-36-31)37-22-7-9-25(24(33)16-22)43-17-19-4-3-5-21(34)14-19/h3-9,14-16,18,28-29,40-41H,2,10-13,17H2,1H3,(H,35,36,37). The number of hydrogen-bond acceptors (Lipinski definition) is 9. The maximum Gasteiger partial charge on any atom is 0.254 e. The topological polar surface area (TPSA) is 111 Å². The molecule has 0 spiro atoms.